The van der Waals surface area contributed by atoms with Gasteiger partial charge < -0.3 is 66.4 Å². The molecule has 0 aliphatic heterocycles. The number of urea groups is 1. The summed E-state index contributed by atoms with van der Waals surface area (Å²) in [7, 11) is 0. The van der Waals surface area contributed by atoms with Gasteiger partial charge in [0.1, 0.15) is 37.1 Å². The van der Waals surface area contributed by atoms with Crippen LogP contribution in [0.5, 0.6) is 5.75 Å². The van der Waals surface area contributed by atoms with Crippen LogP contribution >= 0.6 is 0 Å². The van der Waals surface area contributed by atoms with Crippen LogP contribution < -0.4 is 42.4 Å². The summed E-state index contributed by atoms with van der Waals surface area (Å²) >= 11 is 0. The number of nitro benzene ring substituents is 1. The molecule has 0 spiro atoms. The van der Waals surface area contributed by atoms with Crippen molar-refractivity contribution in [2.75, 3.05) is 51.4 Å². The quantitative estimate of drug-likeness (QED) is 0.0116. The molecule has 24 heteroatoms. The van der Waals surface area contributed by atoms with Crippen molar-refractivity contribution in [2.24, 2.45) is 11.7 Å². The highest BCUT2D eigenvalue weighted by Crippen LogP contribution is 2.44. The number of aliphatic carboxylic acids is 1. The van der Waals surface area contributed by atoms with Crippen molar-refractivity contribution in [1.82, 2.24) is 26.6 Å². The lowest BCUT2D eigenvalue weighted by molar-refractivity contribution is -0.384. The molecule has 0 radical (unpaired) electrons. The second kappa shape index (κ2) is 29.9. The molecule has 0 bridgehead atoms. The zero-order valence-corrected chi connectivity index (χ0v) is 41.9. The third-order valence-corrected chi connectivity index (χ3v) is 11.7. The van der Waals surface area contributed by atoms with Crippen LogP contribution in [0.4, 0.5) is 25.8 Å². The van der Waals surface area contributed by atoms with Crippen LogP contribution in [0.15, 0.2) is 97.1 Å². The number of nitrogens with zero attached hydrogens (tertiary/aromatic N) is 1. The summed E-state index contributed by atoms with van der Waals surface area (Å²) in [5.41, 5.74) is 10.2. The van der Waals surface area contributed by atoms with Crippen LogP contribution in [0.2, 0.25) is 0 Å². The maximum absolute atomic E-state index is 13.8. The number of amides is 7. The third-order valence-electron chi connectivity index (χ3n) is 11.7. The Morgan fingerprint density at radius 1 is 0.684 bits per heavy atom. The van der Waals surface area contributed by atoms with Crippen LogP contribution in [0.1, 0.15) is 68.6 Å². The molecule has 0 saturated carbocycles. The number of carbonyl (C=O) groups is 8. The van der Waals surface area contributed by atoms with Gasteiger partial charge in [0.05, 0.1) is 31.4 Å². The van der Waals surface area contributed by atoms with Crippen molar-refractivity contribution in [3.8, 4) is 16.9 Å². The van der Waals surface area contributed by atoms with E-state index in [1.165, 1.54) is 24.3 Å². The largest absolute Gasteiger partial charge is 0.514 e. The van der Waals surface area contributed by atoms with Crippen LogP contribution in [0, 0.1) is 16.0 Å². The number of carboxylic acid groups (broad SMARTS) is 1. The van der Waals surface area contributed by atoms with Gasteiger partial charge in [-0.3, -0.25) is 34.1 Å². The Morgan fingerprint density at radius 2 is 1.32 bits per heavy atom. The number of nitrogens with two attached hydrogens (primary N) is 1. The molecule has 24 nitrogen and oxygen atoms in total. The number of rotatable bonds is 30. The van der Waals surface area contributed by atoms with Gasteiger partial charge in [-0.1, -0.05) is 74.5 Å². The van der Waals surface area contributed by atoms with E-state index < -0.39 is 83.3 Å². The number of non-ortho nitro benzene ring substituents is 1. The zero-order chi connectivity index (χ0) is 55.0. The van der Waals surface area contributed by atoms with Crippen molar-refractivity contribution < 1.29 is 72.1 Å². The Kier molecular flexibility index (Phi) is 22.9. The number of nitrogens with one attached hydrogen (secondary N) is 6. The SMILES string of the molecule is CC(C)[C@H](NC(=O)[C@H](CCC(=O)O)NC(=O)CCOCCOCCNC(=O)OCC1c2ccccc2-c2ccccc21)C(=O)N[C@@H](CCCNC(N)=O)C(=O)Nc1ccc(COC(=O)Oc2ccc([N+](=O)[O-])cc2)cc1. The molecule has 76 heavy (non-hydrogen) atoms. The first kappa shape index (κ1) is 58.3. The number of ether oxygens (including phenoxy) is 5. The number of carbonyl (C=O) groups excluding carboxylic acids is 7. The third kappa shape index (κ3) is 19.0. The van der Waals surface area contributed by atoms with Gasteiger partial charge in [-0.2, -0.15) is 0 Å². The molecule has 4 aromatic carbocycles. The Morgan fingerprint density at radius 3 is 1.93 bits per heavy atom. The fourth-order valence-electron chi connectivity index (χ4n) is 7.82. The van der Waals surface area contributed by atoms with Gasteiger partial charge in [0.2, 0.25) is 23.6 Å². The Labute approximate surface area is 437 Å². The number of benzene rings is 4. The first-order chi connectivity index (χ1) is 36.5. The van der Waals surface area contributed by atoms with Gasteiger partial charge in [0.25, 0.3) is 5.69 Å². The molecule has 0 aromatic heterocycles. The number of primary amides is 1. The van der Waals surface area contributed by atoms with E-state index in [9.17, 15) is 53.6 Å². The van der Waals surface area contributed by atoms with E-state index in [4.69, 9.17) is 29.4 Å². The van der Waals surface area contributed by atoms with Gasteiger partial charge >= 0.3 is 24.2 Å². The number of hydrogen-bond acceptors (Lipinski definition) is 15. The predicted molar refractivity (Wildman–Crippen MR) is 273 cm³/mol. The predicted octanol–water partition coefficient (Wildman–Crippen LogP) is 4.63. The molecule has 0 fully saturated rings. The minimum absolute atomic E-state index is 0.00572. The van der Waals surface area contributed by atoms with Gasteiger partial charge in [0, 0.05) is 49.7 Å². The summed E-state index contributed by atoms with van der Waals surface area (Å²) in [5, 5.41) is 35.8. The van der Waals surface area contributed by atoms with Gasteiger partial charge in [-0.05, 0) is 77.3 Å². The van der Waals surface area contributed by atoms with E-state index >= 15 is 0 Å². The smallest absolute Gasteiger partial charge is 0.481 e. The molecular formula is C52H62N8O16. The lowest BCUT2D eigenvalue weighted by Crippen LogP contribution is -2.58. The molecular weight excluding hydrogens is 993 g/mol. The Bertz CT molecular complexity index is 2610. The van der Waals surface area contributed by atoms with Crippen molar-refractivity contribution in [1.29, 1.82) is 0 Å². The summed E-state index contributed by atoms with van der Waals surface area (Å²) in [4.78, 5) is 112. The molecule has 0 heterocycles. The summed E-state index contributed by atoms with van der Waals surface area (Å²) in [6.45, 7) is 3.79. The molecule has 0 unspecified atom stereocenters. The van der Waals surface area contributed by atoms with Crippen molar-refractivity contribution in [2.45, 2.75) is 76.6 Å². The van der Waals surface area contributed by atoms with E-state index in [1.54, 1.807) is 26.0 Å². The molecule has 3 atom stereocenters. The van der Waals surface area contributed by atoms with E-state index in [0.717, 1.165) is 34.4 Å². The zero-order valence-electron chi connectivity index (χ0n) is 41.9. The molecule has 4 aromatic rings. The maximum atomic E-state index is 13.8. The normalized spacial score (nSPS) is 12.6. The topological polar surface area (TPSA) is 344 Å². The Balaban J connectivity index is 1.04. The standard InChI is InChI=1S/C52H62N8O16/c1-32(2)46(49(66)58-42(12-7-24-54-50(53)67)47(64)56-34-15-13-33(14-16-34)30-75-52(69)76-36-19-17-35(18-20-36)60(70)71)59-48(65)43(21-22-45(62)63)57-44(61)23-26-72-28-29-73-27-25-55-51(68)74-31-41-39-10-5-3-8-37(39)38-9-4-6-11-40(38)41/h3-6,8-11,13-20,32,41-43,46H,7,12,21-31H2,1-2H3,(H,55,68)(H,56,64)(H,57,61)(H,58,66)(H,59,65)(H,62,63)(H3,53,54,67)/t42-,43-,46-/m0/s1. The van der Waals surface area contributed by atoms with E-state index in [0.29, 0.717) is 11.3 Å². The number of nitro groups is 1. The van der Waals surface area contributed by atoms with Crippen molar-refractivity contribution >= 4 is 59.3 Å². The van der Waals surface area contributed by atoms with Crippen molar-refractivity contribution in [3.63, 3.8) is 0 Å². The van der Waals surface area contributed by atoms with Gasteiger partial charge in [-0.25, -0.2) is 14.4 Å². The number of hydrogen-bond donors (Lipinski definition) is 8. The maximum Gasteiger partial charge on any atom is 0.514 e. The highest BCUT2D eigenvalue weighted by molar-refractivity contribution is 5.99. The van der Waals surface area contributed by atoms with Crippen LogP contribution in [-0.2, 0) is 49.5 Å². The molecule has 406 valence electrons. The summed E-state index contributed by atoms with van der Waals surface area (Å²) in [6.07, 6.45) is -2.45. The fraction of sp³-hybridized carbons (Fsp3) is 0.385. The molecule has 0 saturated heterocycles. The minimum atomic E-state index is -1.36. The summed E-state index contributed by atoms with van der Waals surface area (Å²) in [6, 6.07) is 22.3. The minimum Gasteiger partial charge on any atom is -0.481 e. The summed E-state index contributed by atoms with van der Waals surface area (Å²) in [5.74, 6) is -4.76. The average molecular weight is 1060 g/mol. The molecule has 1 aliphatic rings. The second-order valence-corrected chi connectivity index (χ2v) is 17.6. The lowest BCUT2D eigenvalue weighted by atomic mass is 9.98. The second-order valence-electron chi connectivity index (χ2n) is 17.6. The summed E-state index contributed by atoms with van der Waals surface area (Å²) < 4.78 is 26.7. The fourth-order valence-corrected chi connectivity index (χ4v) is 7.82. The number of anilines is 1. The van der Waals surface area contributed by atoms with Gasteiger partial charge in [0.15, 0.2) is 0 Å². The van der Waals surface area contributed by atoms with Gasteiger partial charge in [-0.15, -0.1) is 0 Å². The highest BCUT2D eigenvalue weighted by Gasteiger charge is 2.32. The first-order valence-electron chi connectivity index (χ1n) is 24.4. The molecule has 9 N–H and O–H groups in total. The molecule has 5 rings (SSSR count). The van der Waals surface area contributed by atoms with E-state index in [1.807, 2.05) is 36.4 Å². The van der Waals surface area contributed by atoms with Crippen LogP contribution in [-0.4, -0.2) is 122 Å². The lowest BCUT2D eigenvalue weighted by Gasteiger charge is -2.27. The van der Waals surface area contributed by atoms with Crippen LogP contribution in [0.25, 0.3) is 11.1 Å². The Hall–Kier alpha value is -8.64. The average Bonchev–Trinajstić information content (AvgIpc) is 3.71. The van der Waals surface area contributed by atoms with Crippen molar-refractivity contribution in [3.05, 3.63) is 124 Å². The number of fused-ring (bicyclic) bond motifs is 3. The first-order valence-corrected chi connectivity index (χ1v) is 24.4. The highest BCUT2D eigenvalue weighted by atomic mass is 16.7. The van der Waals surface area contributed by atoms with Crippen LogP contribution in [0.3, 0.4) is 0 Å². The van der Waals surface area contributed by atoms with E-state index in [-0.39, 0.29) is 95.8 Å². The number of carboxylic acids is 1. The number of alkyl carbamates (subject to hydrolysis) is 1. The molecule has 7 amide bonds. The van der Waals surface area contributed by atoms with E-state index in [2.05, 4.69) is 44.0 Å². The molecule has 1 aliphatic carbocycles. The monoisotopic (exact) mass is 1050 g/mol.